The number of oxime groups is 1. The van der Waals surface area contributed by atoms with E-state index in [1.807, 2.05) is 0 Å². The molecule has 1 aliphatic rings. The molecule has 1 aromatic heterocycles. The van der Waals surface area contributed by atoms with Crippen LogP contribution in [0.5, 0.6) is 5.75 Å². The topological polar surface area (TPSA) is 56.6 Å². The monoisotopic (exact) mass is 297 g/mol. The summed E-state index contributed by atoms with van der Waals surface area (Å²) in [4.78, 5) is 13.3. The highest BCUT2D eigenvalue weighted by atomic mass is 16.7. The number of benzene rings is 1. The molecule has 0 amide bonds. The summed E-state index contributed by atoms with van der Waals surface area (Å²) in [6.45, 7) is 2.21. The van der Waals surface area contributed by atoms with Crippen molar-refractivity contribution in [3.05, 3.63) is 54.1 Å². The van der Waals surface area contributed by atoms with Crippen molar-refractivity contribution in [2.45, 2.75) is 38.7 Å². The molecule has 1 aliphatic heterocycles. The van der Waals surface area contributed by atoms with E-state index >= 15 is 0 Å². The number of nitrogens with zero attached hydrogens (tertiary/aromatic N) is 3. The van der Waals surface area contributed by atoms with Crippen molar-refractivity contribution in [1.82, 2.24) is 9.97 Å². The molecule has 1 aromatic carbocycles. The van der Waals surface area contributed by atoms with E-state index in [1.54, 1.807) is 12.4 Å². The Kier molecular flexibility index (Phi) is 4.63. The largest absolute Gasteiger partial charge is 0.436 e. The van der Waals surface area contributed by atoms with Crippen molar-refractivity contribution in [3.63, 3.8) is 0 Å². The SMILES string of the molecule is CCCCc1ccc([C@H]2CC(Oc3cncnc3)=NO2)cc1. The summed E-state index contributed by atoms with van der Waals surface area (Å²) in [5, 5.41) is 4.00. The second-order valence-electron chi connectivity index (χ2n) is 5.30. The van der Waals surface area contributed by atoms with Crippen LogP contribution in [-0.2, 0) is 11.3 Å². The fourth-order valence-electron chi connectivity index (χ4n) is 2.35. The first-order valence-corrected chi connectivity index (χ1v) is 7.59. The number of rotatable bonds is 5. The molecule has 0 radical (unpaired) electrons. The van der Waals surface area contributed by atoms with Gasteiger partial charge in [-0.05, 0) is 24.0 Å². The lowest BCUT2D eigenvalue weighted by Crippen LogP contribution is -2.07. The van der Waals surface area contributed by atoms with Crippen molar-refractivity contribution < 1.29 is 9.57 Å². The van der Waals surface area contributed by atoms with Crippen molar-refractivity contribution in [2.24, 2.45) is 5.16 Å². The van der Waals surface area contributed by atoms with Gasteiger partial charge in [0.25, 0.3) is 0 Å². The first kappa shape index (κ1) is 14.5. The quantitative estimate of drug-likeness (QED) is 0.845. The number of aromatic nitrogens is 2. The average Bonchev–Trinajstić information content (AvgIpc) is 3.03. The number of hydrogen-bond acceptors (Lipinski definition) is 5. The fraction of sp³-hybridized carbons (Fsp3) is 0.353. The number of ether oxygens (including phenoxy) is 1. The lowest BCUT2D eigenvalue weighted by atomic mass is 10.0. The van der Waals surface area contributed by atoms with Crippen LogP contribution in [0.1, 0.15) is 43.4 Å². The van der Waals surface area contributed by atoms with Crippen LogP contribution in [0.2, 0.25) is 0 Å². The Morgan fingerprint density at radius 2 is 1.95 bits per heavy atom. The van der Waals surface area contributed by atoms with Gasteiger partial charge in [0.05, 0.1) is 18.8 Å². The molecule has 0 spiro atoms. The van der Waals surface area contributed by atoms with Gasteiger partial charge in [0, 0.05) is 0 Å². The molecule has 114 valence electrons. The van der Waals surface area contributed by atoms with Crippen LogP contribution in [0.4, 0.5) is 0 Å². The standard InChI is InChI=1S/C17H19N3O2/c1-2-3-4-13-5-7-14(8-6-13)16-9-17(20-22-16)21-15-10-18-12-19-11-15/h5-8,10-12,16H,2-4,9H2,1H3/t16-/m1/s1. The van der Waals surface area contributed by atoms with Gasteiger partial charge < -0.3 is 9.57 Å². The highest BCUT2D eigenvalue weighted by Gasteiger charge is 2.24. The van der Waals surface area contributed by atoms with Gasteiger partial charge in [-0.25, -0.2) is 9.97 Å². The van der Waals surface area contributed by atoms with Crippen LogP contribution >= 0.6 is 0 Å². The maximum Gasteiger partial charge on any atom is 0.235 e. The summed E-state index contributed by atoms with van der Waals surface area (Å²) < 4.78 is 5.60. The summed E-state index contributed by atoms with van der Waals surface area (Å²) in [5.74, 6) is 1.12. The van der Waals surface area contributed by atoms with Crippen LogP contribution in [0.25, 0.3) is 0 Å². The summed E-state index contributed by atoms with van der Waals surface area (Å²) >= 11 is 0. The van der Waals surface area contributed by atoms with Gasteiger partial charge in [-0.3, -0.25) is 0 Å². The van der Waals surface area contributed by atoms with E-state index < -0.39 is 0 Å². The van der Waals surface area contributed by atoms with Gasteiger partial charge in [0.2, 0.25) is 5.90 Å². The predicted molar refractivity (Wildman–Crippen MR) is 83.6 cm³/mol. The minimum atomic E-state index is -0.0835. The first-order chi connectivity index (χ1) is 10.8. The van der Waals surface area contributed by atoms with Gasteiger partial charge in [-0.2, -0.15) is 0 Å². The molecule has 0 unspecified atom stereocenters. The molecule has 0 N–H and O–H groups in total. The van der Waals surface area contributed by atoms with E-state index in [0.29, 0.717) is 18.1 Å². The highest BCUT2D eigenvalue weighted by molar-refractivity contribution is 5.79. The normalized spacial score (nSPS) is 17.0. The third kappa shape index (κ3) is 3.61. The molecular weight excluding hydrogens is 278 g/mol. The zero-order valence-corrected chi connectivity index (χ0v) is 12.6. The zero-order valence-electron chi connectivity index (χ0n) is 12.6. The molecule has 5 nitrogen and oxygen atoms in total. The Balaban J connectivity index is 1.57. The summed E-state index contributed by atoms with van der Waals surface area (Å²) in [6, 6.07) is 8.55. The number of aryl methyl sites for hydroxylation is 1. The molecule has 3 rings (SSSR count). The minimum absolute atomic E-state index is 0.0835. The molecule has 0 saturated heterocycles. The maximum absolute atomic E-state index is 5.60. The fourth-order valence-corrected chi connectivity index (χ4v) is 2.35. The smallest absolute Gasteiger partial charge is 0.235 e. The Hall–Kier alpha value is -2.43. The summed E-state index contributed by atoms with van der Waals surface area (Å²) in [7, 11) is 0. The molecule has 1 atom stereocenters. The molecule has 0 fully saturated rings. The van der Waals surface area contributed by atoms with Crippen LogP contribution < -0.4 is 4.74 Å². The van der Waals surface area contributed by atoms with Crippen molar-refractivity contribution in [2.75, 3.05) is 0 Å². The van der Waals surface area contributed by atoms with E-state index in [2.05, 4.69) is 46.3 Å². The van der Waals surface area contributed by atoms with E-state index in [4.69, 9.17) is 9.57 Å². The van der Waals surface area contributed by atoms with Crippen LogP contribution in [0.15, 0.2) is 48.1 Å². The van der Waals surface area contributed by atoms with Gasteiger partial charge in [0.1, 0.15) is 6.33 Å². The van der Waals surface area contributed by atoms with Crippen molar-refractivity contribution in [3.8, 4) is 5.75 Å². The predicted octanol–water partition coefficient (Wildman–Crippen LogP) is 3.67. The van der Waals surface area contributed by atoms with E-state index in [-0.39, 0.29) is 6.10 Å². The van der Waals surface area contributed by atoms with Crippen LogP contribution in [0, 0.1) is 0 Å². The lowest BCUT2D eigenvalue weighted by Gasteiger charge is -2.09. The second kappa shape index (κ2) is 7.02. The third-order valence-corrected chi connectivity index (χ3v) is 3.58. The van der Waals surface area contributed by atoms with Gasteiger partial charge in [-0.1, -0.05) is 42.8 Å². The van der Waals surface area contributed by atoms with Gasteiger partial charge in [-0.15, -0.1) is 0 Å². The van der Waals surface area contributed by atoms with Gasteiger partial charge in [0.15, 0.2) is 11.9 Å². The number of hydrogen-bond donors (Lipinski definition) is 0. The lowest BCUT2D eigenvalue weighted by molar-refractivity contribution is 0.0855. The Labute approximate surface area is 130 Å². The molecule has 2 aromatic rings. The van der Waals surface area contributed by atoms with Crippen LogP contribution in [-0.4, -0.2) is 15.9 Å². The summed E-state index contributed by atoms with van der Waals surface area (Å²) in [6.07, 6.45) is 8.76. The highest BCUT2D eigenvalue weighted by Crippen LogP contribution is 2.28. The molecule has 2 heterocycles. The second-order valence-corrected chi connectivity index (χ2v) is 5.30. The first-order valence-electron chi connectivity index (χ1n) is 7.59. The Morgan fingerprint density at radius 1 is 1.18 bits per heavy atom. The zero-order chi connectivity index (χ0) is 15.2. The molecule has 5 heteroatoms. The van der Waals surface area contributed by atoms with Gasteiger partial charge >= 0.3 is 0 Å². The molecular formula is C17H19N3O2. The Morgan fingerprint density at radius 3 is 2.68 bits per heavy atom. The molecule has 0 bridgehead atoms. The van der Waals surface area contributed by atoms with Crippen molar-refractivity contribution in [1.29, 1.82) is 0 Å². The molecule has 0 saturated carbocycles. The number of unbranched alkanes of at least 4 members (excludes halogenated alkanes) is 1. The molecule has 22 heavy (non-hydrogen) atoms. The summed E-state index contributed by atoms with van der Waals surface area (Å²) in [5.41, 5.74) is 2.48. The van der Waals surface area contributed by atoms with Crippen LogP contribution in [0.3, 0.4) is 0 Å². The maximum atomic E-state index is 5.60. The van der Waals surface area contributed by atoms with E-state index in [1.165, 1.54) is 24.7 Å². The third-order valence-electron chi connectivity index (χ3n) is 3.58. The van der Waals surface area contributed by atoms with Crippen molar-refractivity contribution >= 4 is 5.90 Å². The molecule has 0 aliphatic carbocycles. The van der Waals surface area contributed by atoms with E-state index in [0.717, 1.165) is 12.0 Å². The average molecular weight is 297 g/mol. The van der Waals surface area contributed by atoms with E-state index in [9.17, 15) is 0 Å². The Bertz CT molecular complexity index is 626. The minimum Gasteiger partial charge on any atom is -0.436 e.